The van der Waals surface area contributed by atoms with Gasteiger partial charge in [0.2, 0.25) is 5.91 Å². The summed E-state index contributed by atoms with van der Waals surface area (Å²) in [7, 11) is 0. The molecule has 2 aromatic rings. The molecule has 1 fully saturated rings. The van der Waals surface area contributed by atoms with Crippen LogP contribution in [0.4, 0.5) is 0 Å². The summed E-state index contributed by atoms with van der Waals surface area (Å²) in [5.74, 6) is -0.336. The van der Waals surface area contributed by atoms with Crippen LogP contribution in [0.1, 0.15) is 34.3 Å². The van der Waals surface area contributed by atoms with Crippen molar-refractivity contribution in [2.45, 2.75) is 25.7 Å². The van der Waals surface area contributed by atoms with E-state index in [1.54, 1.807) is 24.5 Å². The van der Waals surface area contributed by atoms with Crippen molar-refractivity contribution in [1.82, 2.24) is 9.88 Å². The fraction of sp³-hybridized carbons (Fsp3) is 0.350. The second-order valence-electron chi connectivity index (χ2n) is 6.59. The minimum atomic E-state index is -0.906. The molecule has 1 saturated heterocycles. The topological polar surface area (TPSA) is 70.5 Å². The molecule has 1 aromatic heterocycles. The number of carbonyl (C=O) groups excluding carboxylic acids is 1. The van der Waals surface area contributed by atoms with E-state index >= 15 is 0 Å². The summed E-state index contributed by atoms with van der Waals surface area (Å²) in [4.78, 5) is 29.5. The van der Waals surface area contributed by atoms with Crippen LogP contribution in [-0.4, -0.2) is 40.0 Å². The summed E-state index contributed by atoms with van der Waals surface area (Å²) < 4.78 is 0. The first-order valence-corrected chi connectivity index (χ1v) is 8.61. The van der Waals surface area contributed by atoms with E-state index < -0.39 is 5.97 Å². The number of benzene rings is 1. The van der Waals surface area contributed by atoms with E-state index in [4.69, 9.17) is 5.11 Å². The maximum atomic E-state index is 12.5. The first-order chi connectivity index (χ1) is 12.1. The minimum absolute atomic E-state index is 0.152. The Bertz CT molecular complexity index is 728. The predicted molar refractivity (Wildman–Crippen MR) is 94.4 cm³/mol. The van der Waals surface area contributed by atoms with Crippen molar-refractivity contribution in [3.05, 3.63) is 65.5 Å². The Balaban J connectivity index is 1.57. The standard InChI is InChI=1S/C20H22N2O3/c23-19(12-16-3-1-9-21-13-16)22-10-2-4-17(14-22)11-15-5-7-18(8-6-15)20(24)25/h1,3,5-9,13,17H,2,4,10-12,14H2,(H,24,25)/t17-/m0/s1. The summed E-state index contributed by atoms with van der Waals surface area (Å²) in [5, 5.41) is 8.97. The molecule has 1 amide bonds. The zero-order valence-corrected chi connectivity index (χ0v) is 14.1. The second kappa shape index (κ2) is 7.92. The van der Waals surface area contributed by atoms with Crippen LogP contribution in [0.15, 0.2) is 48.8 Å². The average molecular weight is 338 g/mol. The molecule has 1 aromatic carbocycles. The smallest absolute Gasteiger partial charge is 0.335 e. The number of nitrogens with zero attached hydrogens (tertiary/aromatic N) is 2. The number of piperidine rings is 1. The molecule has 3 rings (SSSR count). The Morgan fingerprint density at radius 1 is 1.16 bits per heavy atom. The molecule has 1 aliphatic heterocycles. The highest BCUT2D eigenvalue weighted by Gasteiger charge is 2.24. The lowest BCUT2D eigenvalue weighted by molar-refractivity contribution is -0.132. The fourth-order valence-electron chi connectivity index (χ4n) is 3.36. The van der Waals surface area contributed by atoms with Gasteiger partial charge in [-0.05, 0) is 54.5 Å². The number of rotatable bonds is 5. The molecule has 1 atom stereocenters. The average Bonchev–Trinajstić information content (AvgIpc) is 2.63. The molecular formula is C20H22N2O3. The normalized spacial score (nSPS) is 17.3. The molecular weight excluding hydrogens is 316 g/mol. The van der Waals surface area contributed by atoms with Crippen LogP contribution in [0, 0.1) is 5.92 Å². The molecule has 0 spiro atoms. The van der Waals surface area contributed by atoms with Crippen molar-refractivity contribution in [3.63, 3.8) is 0 Å². The van der Waals surface area contributed by atoms with E-state index in [1.165, 1.54) is 0 Å². The number of carbonyl (C=O) groups is 2. The van der Waals surface area contributed by atoms with Crippen molar-refractivity contribution >= 4 is 11.9 Å². The van der Waals surface area contributed by atoms with Gasteiger partial charge in [-0.2, -0.15) is 0 Å². The maximum Gasteiger partial charge on any atom is 0.335 e. The van der Waals surface area contributed by atoms with Gasteiger partial charge in [0.25, 0.3) is 0 Å². The molecule has 0 unspecified atom stereocenters. The van der Waals surface area contributed by atoms with Crippen molar-refractivity contribution < 1.29 is 14.7 Å². The quantitative estimate of drug-likeness (QED) is 0.910. The Labute approximate surface area is 147 Å². The van der Waals surface area contributed by atoms with Crippen molar-refractivity contribution in [2.24, 2.45) is 5.92 Å². The fourth-order valence-corrected chi connectivity index (χ4v) is 3.36. The number of carboxylic acids is 1. The van der Waals surface area contributed by atoms with Crippen LogP contribution in [0.5, 0.6) is 0 Å². The number of hydrogen-bond donors (Lipinski definition) is 1. The van der Waals surface area contributed by atoms with E-state index in [9.17, 15) is 9.59 Å². The van der Waals surface area contributed by atoms with Gasteiger partial charge >= 0.3 is 5.97 Å². The van der Waals surface area contributed by atoms with Crippen LogP contribution >= 0.6 is 0 Å². The number of carboxylic acid groups (broad SMARTS) is 1. The molecule has 1 aliphatic rings. The van der Waals surface area contributed by atoms with E-state index in [0.717, 1.165) is 43.5 Å². The molecule has 130 valence electrons. The first-order valence-electron chi connectivity index (χ1n) is 8.61. The number of likely N-dealkylation sites (tertiary alicyclic amines) is 1. The van der Waals surface area contributed by atoms with Crippen LogP contribution in [0.25, 0.3) is 0 Å². The minimum Gasteiger partial charge on any atom is -0.478 e. The zero-order valence-electron chi connectivity index (χ0n) is 14.1. The Hall–Kier alpha value is -2.69. The van der Waals surface area contributed by atoms with Crippen LogP contribution in [0.3, 0.4) is 0 Å². The number of pyridine rings is 1. The summed E-state index contributed by atoms with van der Waals surface area (Å²) >= 11 is 0. The van der Waals surface area contributed by atoms with Gasteiger partial charge in [-0.1, -0.05) is 18.2 Å². The third-order valence-corrected chi connectivity index (χ3v) is 4.68. The van der Waals surface area contributed by atoms with Crippen LogP contribution in [0.2, 0.25) is 0 Å². The lowest BCUT2D eigenvalue weighted by Gasteiger charge is -2.33. The van der Waals surface area contributed by atoms with E-state index in [2.05, 4.69) is 4.98 Å². The van der Waals surface area contributed by atoms with Gasteiger partial charge in [0.1, 0.15) is 0 Å². The largest absolute Gasteiger partial charge is 0.478 e. The highest BCUT2D eigenvalue weighted by atomic mass is 16.4. The van der Waals surface area contributed by atoms with Gasteiger partial charge in [-0.15, -0.1) is 0 Å². The van der Waals surface area contributed by atoms with E-state index in [-0.39, 0.29) is 5.91 Å². The van der Waals surface area contributed by atoms with Gasteiger partial charge in [0.15, 0.2) is 0 Å². The summed E-state index contributed by atoms with van der Waals surface area (Å²) in [6, 6.07) is 10.8. The van der Waals surface area contributed by atoms with Crippen molar-refractivity contribution in [2.75, 3.05) is 13.1 Å². The number of hydrogen-bond acceptors (Lipinski definition) is 3. The van der Waals surface area contributed by atoms with Crippen LogP contribution in [-0.2, 0) is 17.6 Å². The van der Waals surface area contributed by atoms with E-state index in [1.807, 2.05) is 29.2 Å². The molecule has 0 aliphatic carbocycles. The predicted octanol–water partition coefficient (Wildman–Crippen LogP) is 2.80. The third kappa shape index (κ3) is 4.66. The van der Waals surface area contributed by atoms with Gasteiger partial charge in [-0.3, -0.25) is 9.78 Å². The van der Waals surface area contributed by atoms with Gasteiger partial charge in [0.05, 0.1) is 12.0 Å². The molecule has 2 heterocycles. The Morgan fingerprint density at radius 3 is 2.64 bits per heavy atom. The lowest BCUT2D eigenvalue weighted by atomic mass is 9.90. The zero-order chi connectivity index (χ0) is 17.6. The number of amides is 1. The highest BCUT2D eigenvalue weighted by Crippen LogP contribution is 2.22. The molecule has 1 N–H and O–H groups in total. The third-order valence-electron chi connectivity index (χ3n) is 4.68. The van der Waals surface area contributed by atoms with Crippen molar-refractivity contribution in [1.29, 1.82) is 0 Å². The molecule has 5 heteroatoms. The van der Waals surface area contributed by atoms with Crippen LogP contribution < -0.4 is 0 Å². The lowest BCUT2D eigenvalue weighted by Crippen LogP contribution is -2.41. The Morgan fingerprint density at radius 2 is 1.96 bits per heavy atom. The summed E-state index contributed by atoms with van der Waals surface area (Å²) in [6.45, 7) is 1.58. The van der Waals surface area contributed by atoms with Crippen molar-refractivity contribution in [3.8, 4) is 0 Å². The monoisotopic (exact) mass is 338 g/mol. The van der Waals surface area contributed by atoms with E-state index in [0.29, 0.717) is 17.9 Å². The number of aromatic carboxylic acids is 1. The second-order valence-corrected chi connectivity index (χ2v) is 6.59. The van der Waals surface area contributed by atoms with Gasteiger partial charge in [0, 0.05) is 25.5 Å². The maximum absolute atomic E-state index is 12.5. The first kappa shape index (κ1) is 17.1. The van der Waals surface area contributed by atoms with Gasteiger partial charge in [-0.25, -0.2) is 4.79 Å². The SMILES string of the molecule is O=C(O)c1ccc(C[C@@H]2CCCN(C(=O)Cc3cccnc3)C2)cc1. The molecule has 0 bridgehead atoms. The highest BCUT2D eigenvalue weighted by molar-refractivity contribution is 5.87. The molecule has 5 nitrogen and oxygen atoms in total. The molecule has 25 heavy (non-hydrogen) atoms. The number of aromatic nitrogens is 1. The summed E-state index contributed by atoms with van der Waals surface area (Å²) in [6.07, 6.45) is 6.82. The summed E-state index contributed by atoms with van der Waals surface area (Å²) in [5.41, 5.74) is 2.37. The molecule has 0 saturated carbocycles. The van der Waals surface area contributed by atoms with Gasteiger partial charge < -0.3 is 10.0 Å². The Kier molecular flexibility index (Phi) is 5.43. The molecule has 0 radical (unpaired) electrons.